The molecule has 0 spiro atoms. The number of anilines is 1. The van der Waals surface area contributed by atoms with Gasteiger partial charge in [-0.05, 0) is 31.7 Å². The number of H-pyrrole nitrogens is 1. The Hall–Kier alpha value is -1.67. The van der Waals surface area contributed by atoms with Crippen molar-refractivity contribution >= 4 is 21.7 Å². The average molecular weight is 353 g/mol. The number of nitrogens with one attached hydrogen (secondary N) is 1. The second-order valence-corrected chi connectivity index (χ2v) is 8.48. The van der Waals surface area contributed by atoms with Gasteiger partial charge in [-0.3, -0.25) is 9.69 Å². The minimum absolute atomic E-state index is 0.0556. The van der Waals surface area contributed by atoms with E-state index in [1.807, 2.05) is 0 Å². The van der Waals surface area contributed by atoms with E-state index in [4.69, 9.17) is 5.73 Å². The maximum absolute atomic E-state index is 12.6. The predicted octanol–water partition coefficient (Wildman–Crippen LogP) is 0.377. The molecule has 2 aliphatic heterocycles. The van der Waals surface area contributed by atoms with E-state index < -0.39 is 10.0 Å². The monoisotopic (exact) mass is 353 g/mol. The van der Waals surface area contributed by atoms with Crippen LogP contribution in [0.5, 0.6) is 0 Å². The van der Waals surface area contributed by atoms with Crippen molar-refractivity contribution in [3.8, 4) is 0 Å². The van der Waals surface area contributed by atoms with Crippen LogP contribution in [-0.2, 0) is 14.8 Å². The van der Waals surface area contributed by atoms with Crippen molar-refractivity contribution in [2.24, 2.45) is 11.7 Å². The first-order chi connectivity index (χ1) is 11.5. The molecule has 0 unspecified atom stereocenters. The third-order valence-electron chi connectivity index (χ3n) is 4.96. The van der Waals surface area contributed by atoms with E-state index in [0.717, 1.165) is 51.0 Å². The molecular weight excluding hydrogens is 328 g/mol. The number of amides is 1. The molecular formula is C16H25N4O3S+. The van der Waals surface area contributed by atoms with E-state index in [1.54, 1.807) is 22.6 Å². The molecule has 0 bridgehead atoms. The summed E-state index contributed by atoms with van der Waals surface area (Å²) in [7, 11) is -3.41. The van der Waals surface area contributed by atoms with Crippen LogP contribution in [0.25, 0.3) is 0 Å². The number of primary amides is 1. The highest BCUT2D eigenvalue weighted by molar-refractivity contribution is 7.89. The molecule has 8 heteroatoms. The molecule has 2 saturated heterocycles. The third kappa shape index (κ3) is 3.54. The Bertz CT molecular complexity index is 676. The summed E-state index contributed by atoms with van der Waals surface area (Å²) in [5.41, 5.74) is 5.35. The number of sulfonamides is 1. The summed E-state index contributed by atoms with van der Waals surface area (Å²) in [4.78, 5) is 16.8. The number of aromatic amines is 1. The van der Waals surface area contributed by atoms with E-state index in [9.17, 15) is 13.2 Å². The molecule has 1 aromatic rings. The fourth-order valence-corrected chi connectivity index (χ4v) is 4.90. The summed E-state index contributed by atoms with van der Waals surface area (Å²) in [6.45, 7) is 2.68. The van der Waals surface area contributed by atoms with E-state index in [1.165, 1.54) is 0 Å². The highest BCUT2D eigenvalue weighted by Gasteiger charge is 2.30. The van der Waals surface area contributed by atoms with Crippen molar-refractivity contribution in [3.05, 3.63) is 18.3 Å². The largest absolute Gasteiger partial charge is 0.369 e. The fourth-order valence-electron chi connectivity index (χ4n) is 3.42. The zero-order chi connectivity index (χ0) is 17.2. The molecule has 3 rings (SSSR count). The van der Waals surface area contributed by atoms with Gasteiger partial charge in [0.25, 0.3) is 5.82 Å². The Labute approximate surface area is 142 Å². The van der Waals surface area contributed by atoms with Gasteiger partial charge < -0.3 is 5.73 Å². The van der Waals surface area contributed by atoms with Crippen LogP contribution < -0.4 is 15.6 Å². The summed E-state index contributed by atoms with van der Waals surface area (Å²) in [5.74, 6) is 0.581. The Morgan fingerprint density at radius 2 is 1.75 bits per heavy atom. The molecule has 24 heavy (non-hydrogen) atoms. The molecule has 3 N–H and O–H groups in total. The van der Waals surface area contributed by atoms with Crippen molar-refractivity contribution in [1.82, 2.24) is 4.31 Å². The first kappa shape index (κ1) is 17.2. The maximum Gasteiger partial charge on any atom is 0.274 e. The van der Waals surface area contributed by atoms with Gasteiger partial charge in [-0.15, -0.1) is 0 Å². The number of nitrogens with zero attached hydrogens (tertiary/aromatic N) is 2. The molecule has 0 saturated carbocycles. The van der Waals surface area contributed by atoms with Crippen LogP contribution in [0, 0.1) is 5.92 Å². The molecule has 132 valence electrons. The van der Waals surface area contributed by atoms with Crippen LogP contribution in [-0.4, -0.2) is 44.8 Å². The normalized spacial score (nSPS) is 20.9. The van der Waals surface area contributed by atoms with Gasteiger partial charge in [0.05, 0.1) is 13.1 Å². The average Bonchev–Trinajstić information content (AvgIpc) is 2.62. The lowest BCUT2D eigenvalue weighted by atomic mass is 9.96. The fraction of sp³-hybridized carbons (Fsp3) is 0.625. The highest BCUT2D eigenvalue weighted by atomic mass is 32.2. The van der Waals surface area contributed by atoms with Gasteiger partial charge in [0.1, 0.15) is 11.1 Å². The standard InChI is InChI=1S/C16H24N4O3S/c17-16(21)13-6-10-19(11-7-13)15-5-4-14(12-18-15)24(22,23)20-8-2-1-3-9-20/h4-5,12-13H,1-3,6-11H2,(H2,17,21)/p+1. The molecule has 3 heterocycles. The Kier molecular flexibility index (Phi) is 5.05. The molecule has 1 aromatic heterocycles. The topological polar surface area (TPSA) is 97.8 Å². The summed E-state index contributed by atoms with van der Waals surface area (Å²) >= 11 is 0. The van der Waals surface area contributed by atoms with Crippen LogP contribution >= 0.6 is 0 Å². The number of carbonyl (C=O) groups is 1. The Balaban J connectivity index is 1.68. The lowest BCUT2D eigenvalue weighted by molar-refractivity contribution is -0.367. The SMILES string of the molecule is NC(=O)C1CCN(c2ccc(S(=O)(=O)N3CCCCC3)c[nH+]2)CC1. The van der Waals surface area contributed by atoms with Gasteiger partial charge in [0, 0.05) is 25.1 Å². The zero-order valence-corrected chi connectivity index (χ0v) is 14.6. The number of nitrogens with two attached hydrogens (primary N) is 1. The smallest absolute Gasteiger partial charge is 0.274 e. The third-order valence-corrected chi connectivity index (χ3v) is 6.85. The van der Waals surface area contributed by atoms with Crippen LogP contribution in [0.1, 0.15) is 32.1 Å². The molecule has 1 amide bonds. The van der Waals surface area contributed by atoms with E-state index in [0.29, 0.717) is 18.0 Å². The predicted molar refractivity (Wildman–Crippen MR) is 89.7 cm³/mol. The van der Waals surface area contributed by atoms with Gasteiger partial charge in [-0.1, -0.05) is 6.42 Å². The number of aromatic nitrogens is 1. The van der Waals surface area contributed by atoms with Crippen molar-refractivity contribution in [1.29, 1.82) is 0 Å². The van der Waals surface area contributed by atoms with Crippen molar-refractivity contribution < 1.29 is 18.2 Å². The van der Waals surface area contributed by atoms with E-state index in [-0.39, 0.29) is 11.8 Å². The summed E-state index contributed by atoms with van der Waals surface area (Å²) in [5, 5.41) is 0. The lowest BCUT2D eigenvalue weighted by Gasteiger charge is -2.26. The Morgan fingerprint density at radius 1 is 1.08 bits per heavy atom. The number of carbonyl (C=O) groups excluding carboxylic acids is 1. The second kappa shape index (κ2) is 7.06. The van der Waals surface area contributed by atoms with Crippen molar-refractivity contribution in [2.45, 2.75) is 37.0 Å². The molecule has 0 radical (unpaired) electrons. The van der Waals surface area contributed by atoms with Gasteiger partial charge >= 0.3 is 0 Å². The van der Waals surface area contributed by atoms with Crippen LogP contribution in [0.4, 0.5) is 5.82 Å². The summed E-state index contributed by atoms with van der Waals surface area (Å²) < 4.78 is 26.8. The van der Waals surface area contributed by atoms with Gasteiger partial charge in [0.15, 0.2) is 0 Å². The second-order valence-electron chi connectivity index (χ2n) is 6.54. The zero-order valence-electron chi connectivity index (χ0n) is 13.8. The molecule has 2 fully saturated rings. The summed E-state index contributed by atoms with van der Waals surface area (Å²) in [6, 6.07) is 3.47. The molecule has 0 aliphatic carbocycles. The molecule has 0 aromatic carbocycles. The first-order valence-corrected chi connectivity index (χ1v) is 9.98. The summed E-state index contributed by atoms with van der Waals surface area (Å²) in [6.07, 6.45) is 5.98. The van der Waals surface area contributed by atoms with Crippen LogP contribution in [0.15, 0.2) is 23.2 Å². The minimum Gasteiger partial charge on any atom is -0.369 e. The van der Waals surface area contributed by atoms with Crippen molar-refractivity contribution in [3.63, 3.8) is 0 Å². The highest BCUT2D eigenvalue weighted by Crippen LogP contribution is 2.23. The van der Waals surface area contributed by atoms with Crippen LogP contribution in [0.3, 0.4) is 0 Å². The van der Waals surface area contributed by atoms with E-state index in [2.05, 4.69) is 9.88 Å². The van der Waals surface area contributed by atoms with Gasteiger partial charge in [-0.25, -0.2) is 13.4 Å². The maximum atomic E-state index is 12.6. The Morgan fingerprint density at radius 3 is 2.29 bits per heavy atom. The van der Waals surface area contributed by atoms with E-state index >= 15 is 0 Å². The van der Waals surface area contributed by atoms with Crippen LogP contribution in [0.2, 0.25) is 0 Å². The first-order valence-electron chi connectivity index (χ1n) is 8.54. The van der Waals surface area contributed by atoms with Crippen molar-refractivity contribution in [2.75, 3.05) is 31.1 Å². The number of piperidine rings is 2. The number of pyridine rings is 1. The molecule has 2 aliphatic rings. The molecule has 7 nitrogen and oxygen atoms in total. The number of hydrogen-bond donors (Lipinski definition) is 1. The lowest BCUT2D eigenvalue weighted by Crippen LogP contribution is -2.41. The minimum atomic E-state index is -3.41. The number of rotatable bonds is 4. The molecule has 0 atom stereocenters. The quantitative estimate of drug-likeness (QED) is 0.846. The van der Waals surface area contributed by atoms with Gasteiger partial charge in [0.2, 0.25) is 15.9 Å². The number of hydrogen-bond acceptors (Lipinski definition) is 4. The van der Waals surface area contributed by atoms with Gasteiger partial charge in [-0.2, -0.15) is 4.31 Å².